The van der Waals surface area contributed by atoms with E-state index in [1.807, 2.05) is 0 Å². The molecule has 2 heteroatoms. The van der Waals surface area contributed by atoms with Crippen molar-refractivity contribution >= 4 is 20.0 Å². The van der Waals surface area contributed by atoms with Crippen molar-refractivity contribution < 1.29 is 0 Å². The lowest BCUT2D eigenvalue weighted by Crippen LogP contribution is -1.70. The molecule has 0 saturated heterocycles. The Hall–Kier alpha value is 0.355. The molecule has 0 spiro atoms. The first-order valence-corrected chi connectivity index (χ1v) is 3.01. The van der Waals surface area contributed by atoms with Crippen LogP contribution in [0.4, 0.5) is 0 Å². The fourth-order valence-corrected chi connectivity index (χ4v) is 0.533. The Bertz CT molecular complexity index is 20.0. The fraction of sp³-hybridized carbons (Fsp3) is 1.00. The molecule has 0 nitrogen and oxygen atoms in total. The number of alkyl halides is 1. The normalized spacial score (nSPS) is 7.71. The van der Waals surface area contributed by atoms with Crippen LogP contribution in [0.1, 0.15) is 26.2 Å². The van der Waals surface area contributed by atoms with E-state index in [-0.39, 0.29) is 8.41 Å². The molecule has 44 valence electrons. The van der Waals surface area contributed by atoms with Crippen molar-refractivity contribution in [2.75, 3.05) is 5.88 Å². The molecule has 0 aromatic heterocycles. The Labute approximate surface area is 52.8 Å². The molecule has 0 aliphatic carbocycles. The Morgan fingerprint density at radius 3 is 2.00 bits per heavy atom. The minimum atomic E-state index is 0. The van der Waals surface area contributed by atoms with Crippen LogP contribution in [0, 0.1) is 0 Å². The second kappa shape index (κ2) is 9.61. The van der Waals surface area contributed by atoms with Crippen LogP contribution in [-0.4, -0.2) is 14.3 Å². The van der Waals surface area contributed by atoms with Crippen LogP contribution in [0.3, 0.4) is 0 Å². The zero-order valence-corrected chi connectivity index (χ0v) is 4.96. The predicted octanol–water partition coefficient (Wildman–Crippen LogP) is 1.23. The van der Waals surface area contributed by atoms with Crippen LogP contribution in [0.5, 0.6) is 0 Å². The minimum Gasteiger partial charge on any atom is -0.127 e. The summed E-state index contributed by atoms with van der Waals surface area (Å²) < 4.78 is 0. The molecule has 0 aromatic rings. The molecule has 0 amide bonds. The maximum Gasteiger partial charge on any atom is 0.0814 e. The first kappa shape index (κ1) is 10.4. The quantitative estimate of drug-likeness (QED) is 0.299. The van der Waals surface area contributed by atoms with E-state index >= 15 is 0 Å². The number of hydrogen-bond donors (Lipinski definition) is 0. The standard InChI is InChI=1S/C5H11Cl.BH3/c1-2-3-4-5-6;/h2-5H2,1H3;1H3. The highest BCUT2D eigenvalue weighted by atomic mass is 35.5. The molecule has 0 fully saturated rings. The summed E-state index contributed by atoms with van der Waals surface area (Å²) in [6.45, 7) is 2.17. The van der Waals surface area contributed by atoms with Gasteiger partial charge in [-0.15, -0.1) is 11.6 Å². The maximum atomic E-state index is 5.38. The third kappa shape index (κ3) is 10.7. The fourth-order valence-electron chi connectivity index (χ4n) is 0.344. The third-order valence-corrected chi connectivity index (χ3v) is 1.00. The third-order valence-electron chi connectivity index (χ3n) is 0.737. The van der Waals surface area contributed by atoms with Crippen molar-refractivity contribution in [2.24, 2.45) is 0 Å². The molecule has 0 atom stereocenters. The van der Waals surface area contributed by atoms with E-state index in [1.54, 1.807) is 0 Å². The lowest BCUT2D eigenvalue weighted by Gasteiger charge is -1.84. The lowest BCUT2D eigenvalue weighted by molar-refractivity contribution is 0.776. The van der Waals surface area contributed by atoms with Gasteiger partial charge in [-0.05, 0) is 6.42 Å². The second-order valence-electron chi connectivity index (χ2n) is 1.40. The summed E-state index contributed by atoms with van der Waals surface area (Å²) in [7, 11) is 0. The SMILES string of the molecule is B.CCCCCCl. The van der Waals surface area contributed by atoms with Gasteiger partial charge in [-0.3, -0.25) is 0 Å². The zero-order valence-electron chi connectivity index (χ0n) is 4.21. The van der Waals surface area contributed by atoms with Gasteiger partial charge in [-0.25, -0.2) is 0 Å². The molecule has 0 unspecified atom stereocenters. The highest BCUT2D eigenvalue weighted by molar-refractivity contribution is 6.17. The summed E-state index contributed by atoms with van der Waals surface area (Å²) >= 11 is 5.38. The van der Waals surface area contributed by atoms with Crippen molar-refractivity contribution in [1.82, 2.24) is 0 Å². The topological polar surface area (TPSA) is 0 Å². The Morgan fingerprint density at radius 2 is 1.86 bits per heavy atom. The number of hydrogen-bond acceptors (Lipinski definition) is 0. The highest BCUT2D eigenvalue weighted by Crippen LogP contribution is 1.93. The molecule has 0 rings (SSSR count). The number of rotatable bonds is 3. The first-order chi connectivity index (χ1) is 2.91. The summed E-state index contributed by atoms with van der Waals surface area (Å²) in [5.41, 5.74) is 0. The molecule has 0 aliphatic rings. The van der Waals surface area contributed by atoms with Gasteiger partial charge in [0.1, 0.15) is 0 Å². The molecule has 0 aliphatic heterocycles. The monoisotopic (exact) mass is 120 g/mol. The Balaban J connectivity index is 0. The van der Waals surface area contributed by atoms with E-state index < -0.39 is 0 Å². The van der Waals surface area contributed by atoms with E-state index in [4.69, 9.17) is 11.6 Å². The van der Waals surface area contributed by atoms with E-state index in [0.29, 0.717) is 0 Å². The maximum absolute atomic E-state index is 5.38. The average molecular weight is 120 g/mol. The van der Waals surface area contributed by atoms with Crippen molar-refractivity contribution in [2.45, 2.75) is 26.2 Å². The highest BCUT2D eigenvalue weighted by Gasteiger charge is 1.76. The molecule has 0 heterocycles. The summed E-state index contributed by atoms with van der Waals surface area (Å²) in [5, 5.41) is 0. The van der Waals surface area contributed by atoms with Gasteiger partial charge >= 0.3 is 0 Å². The van der Waals surface area contributed by atoms with Crippen LogP contribution in [-0.2, 0) is 0 Å². The van der Waals surface area contributed by atoms with Crippen molar-refractivity contribution in [3.63, 3.8) is 0 Å². The Kier molecular flexibility index (Phi) is 14.2. The number of unbranched alkanes of at least 4 members (excludes halogenated alkanes) is 2. The molecular formula is C5H14BCl. The molecule has 0 N–H and O–H groups in total. The first-order valence-electron chi connectivity index (χ1n) is 2.47. The van der Waals surface area contributed by atoms with E-state index in [0.717, 1.165) is 5.88 Å². The molecule has 7 heavy (non-hydrogen) atoms. The molecule has 0 saturated carbocycles. The largest absolute Gasteiger partial charge is 0.127 e. The zero-order chi connectivity index (χ0) is 4.83. The lowest BCUT2D eigenvalue weighted by atomic mass is 10.3. The minimum absolute atomic E-state index is 0. The average Bonchev–Trinajstić information content (AvgIpc) is 1.61. The van der Waals surface area contributed by atoms with Gasteiger partial charge in [0, 0.05) is 5.88 Å². The summed E-state index contributed by atoms with van der Waals surface area (Å²) in [5.74, 6) is 0.827. The van der Waals surface area contributed by atoms with Crippen LogP contribution < -0.4 is 0 Å². The van der Waals surface area contributed by atoms with Gasteiger partial charge in [0.15, 0.2) is 0 Å². The predicted molar refractivity (Wildman–Crippen MR) is 40.2 cm³/mol. The van der Waals surface area contributed by atoms with Crippen LogP contribution in [0.2, 0.25) is 0 Å². The van der Waals surface area contributed by atoms with Gasteiger partial charge in [-0.1, -0.05) is 19.8 Å². The summed E-state index contributed by atoms with van der Waals surface area (Å²) in [6.07, 6.45) is 3.73. The van der Waals surface area contributed by atoms with Crippen LogP contribution in [0.15, 0.2) is 0 Å². The van der Waals surface area contributed by atoms with E-state index in [1.165, 1.54) is 19.3 Å². The van der Waals surface area contributed by atoms with Crippen molar-refractivity contribution in [1.29, 1.82) is 0 Å². The van der Waals surface area contributed by atoms with Crippen molar-refractivity contribution in [3.8, 4) is 0 Å². The van der Waals surface area contributed by atoms with Gasteiger partial charge in [0.2, 0.25) is 0 Å². The van der Waals surface area contributed by atoms with Crippen LogP contribution in [0.25, 0.3) is 0 Å². The van der Waals surface area contributed by atoms with Gasteiger partial charge in [-0.2, -0.15) is 0 Å². The molecule has 0 bridgehead atoms. The van der Waals surface area contributed by atoms with Crippen LogP contribution >= 0.6 is 11.6 Å². The molecule has 0 radical (unpaired) electrons. The molecule has 0 aromatic carbocycles. The van der Waals surface area contributed by atoms with E-state index in [2.05, 4.69) is 6.92 Å². The van der Waals surface area contributed by atoms with Gasteiger partial charge in [0.05, 0.1) is 8.41 Å². The van der Waals surface area contributed by atoms with E-state index in [9.17, 15) is 0 Å². The Morgan fingerprint density at radius 1 is 1.29 bits per heavy atom. The second-order valence-corrected chi connectivity index (χ2v) is 1.77. The number of halogens is 1. The summed E-state index contributed by atoms with van der Waals surface area (Å²) in [4.78, 5) is 0. The molecular weight excluding hydrogens is 106 g/mol. The van der Waals surface area contributed by atoms with Gasteiger partial charge < -0.3 is 0 Å². The summed E-state index contributed by atoms with van der Waals surface area (Å²) in [6, 6.07) is 0. The smallest absolute Gasteiger partial charge is 0.0814 e. The van der Waals surface area contributed by atoms with Gasteiger partial charge in [0.25, 0.3) is 0 Å². The van der Waals surface area contributed by atoms with Crippen molar-refractivity contribution in [3.05, 3.63) is 0 Å².